The number of hydrogen-bond acceptors (Lipinski definition) is 2. The normalized spacial score (nSPS) is 15.3. The first-order valence-corrected chi connectivity index (χ1v) is 7.38. The van der Waals surface area contributed by atoms with Crippen LogP contribution in [0.3, 0.4) is 0 Å². The van der Waals surface area contributed by atoms with Crippen molar-refractivity contribution in [3.05, 3.63) is 71.8 Å². The highest BCUT2D eigenvalue weighted by atomic mass is 16.3. The molecule has 114 valence electrons. The fourth-order valence-electron chi connectivity index (χ4n) is 2.26. The molecule has 0 aromatic heterocycles. The van der Waals surface area contributed by atoms with E-state index >= 15 is 0 Å². The lowest BCUT2D eigenvalue weighted by atomic mass is 9.72. The SMILES string of the molecule is CC(C)(C)C(O)(C#CC(O)c1ccccc1)c1ccccc1. The fraction of sp³-hybridized carbons (Fsp3) is 0.300. The van der Waals surface area contributed by atoms with E-state index in [1.165, 1.54) is 0 Å². The molecule has 2 unspecified atom stereocenters. The molecule has 2 atom stereocenters. The Hall–Kier alpha value is -2.08. The van der Waals surface area contributed by atoms with Crippen LogP contribution in [0.4, 0.5) is 0 Å². The third kappa shape index (κ3) is 3.39. The monoisotopic (exact) mass is 294 g/mol. The Morgan fingerprint density at radius 2 is 1.36 bits per heavy atom. The average Bonchev–Trinajstić information content (AvgIpc) is 2.53. The molecule has 0 bridgehead atoms. The summed E-state index contributed by atoms with van der Waals surface area (Å²) in [6.07, 6.45) is -0.918. The van der Waals surface area contributed by atoms with Crippen molar-refractivity contribution in [1.29, 1.82) is 0 Å². The highest BCUT2D eigenvalue weighted by molar-refractivity contribution is 5.36. The first-order valence-electron chi connectivity index (χ1n) is 7.38. The first kappa shape index (κ1) is 16.3. The van der Waals surface area contributed by atoms with Crippen LogP contribution in [0.15, 0.2) is 60.7 Å². The van der Waals surface area contributed by atoms with Crippen LogP contribution in [0.1, 0.15) is 38.0 Å². The Balaban J connectivity index is 2.40. The summed E-state index contributed by atoms with van der Waals surface area (Å²) in [6.45, 7) is 5.80. The number of aliphatic hydroxyl groups excluding tert-OH is 1. The van der Waals surface area contributed by atoms with Gasteiger partial charge in [-0.25, -0.2) is 0 Å². The molecule has 2 aromatic rings. The van der Waals surface area contributed by atoms with Crippen LogP contribution >= 0.6 is 0 Å². The van der Waals surface area contributed by atoms with Gasteiger partial charge in [-0.05, 0) is 11.1 Å². The van der Waals surface area contributed by atoms with Gasteiger partial charge < -0.3 is 10.2 Å². The van der Waals surface area contributed by atoms with Crippen molar-refractivity contribution in [2.45, 2.75) is 32.5 Å². The van der Waals surface area contributed by atoms with Crippen LogP contribution in [0, 0.1) is 17.3 Å². The molecule has 0 radical (unpaired) electrons. The molecular formula is C20H22O2. The average molecular weight is 294 g/mol. The quantitative estimate of drug-likeness (QED) is 0.830. The molecule has 2 nitrogen and oxygen atoms in total. The smallest absolute Gasteiger partial charge is 0.155 e. The highest BCUT2D eigenvalue weighted by Crippen LogP contribution is 2.38. The molecule has 0 fully saturated rings. The van der Waals surface area contributed by atoms with Crippen molar-refractivity contribution >= 4 is 0 Å². The Morgan fingerprint density at radius 1 is 0.864 bits per heavy atom. The predicted octanol–water partition coefficient (Wildman–Crippen LogP) is 3.66. The van der Waals surface area contributed by atoms with Crippen LogP contribution in [0.25, 0.3) is 0 Å². The maximum Gasteiger partial charge on any atom is 0.155 e. The van der Waals surface area contributed by atoms with Gasteiger partial charge in [-0.3, -0.25) is 0 Å². The minimum Gasteiger partial charge on any atom is -0.376 e. The summed E-state index contributed by atoms with van der Waals surface area (Å²) in [5.41, 5.74) is -0.364. The van der Waals surface area contributed by atoms with Crippen molar-refractivity contribution in [1.82, 2.24) is 0 Å². The summed E-state index contributed by atoms with van der Waals surface area (Å²) in [4.78, 5) is 0. The zero-order chi connectivity index (χ0) is 16.2. The maximum absolute atomic E-state index is 11.1. The molecule has 0 aliphatic carbocycles. The summed E-state index contributed by atoms with van der Waals surface area (Å²) in [5.74, 6) is 5.71. The van der Waals surface area contributed by atoms with Gasteiger partial charge in [0.25, 0.3) is 0 Å². The van der Waals surface area contributed by atoms with Gasteiger partial charge in [0.2, 0.25) is 0 Å². The van der Waals surface area contributed by atoms with Gasteiger partial charge in [0.05, 0.1) is 0 Å². The largest absolute Gasteiger partial charge is 0.376 e. The van der Waals surface area contributed by atoms with Gasteiger partial charge >= 0.3 is 0 Å². The second-order valence-electron chi connectivity index (χ2n) is 6.41. The lowest BCUT2D eigenvalue weighted by molar-refractivity contribution is -0.00938. The summed E-state index contributed by atoms with van der Waals surface area (Å²) in [5, 5.41) is 21.3. The van der Waals surface area contributed by atoms with E-state index in [0.717, 1.165) is 11.1 Å². The molecule has 2 N–H and O–H groups in total. The molecule has 2 aromatic carbocycles. The third-order valence-electron chi connectivity index (χ3n) is 3.78. The van der Waals surface area contributed by atoms with Crippen LogP contribution in [-0.2, 0) is 5.60 Å². The zero-order valence-electron chi connectivity index (χ0n) is 13.2. The molecule has 2 heteroatoms. The van der Waals surface area contributed by atoms with Crippen molar-refractivity contribution in [3.8, 4) is 11.8 Å². The van der Waals surface area contributed by atoms with Gasteiger partial charge in [-0.1, -0.05) is 93.3 Å². The number of rotatable bonds is 2. The van der Waals surface area contributed by atoms with Crippen LogP contribution in [0.5, 0.6) is 0 Å². The van der Waals surface area contributed by atoms with E-state index in [4.69, 9.17) is 0 Å². The maximum atomic E-state index is 11.1. The van der Waals surface area contributed by atoms with E-state index in [-0.39, 0.29) is 0 Å². The van der Waals surface area contributed by atoms with Crippen molar-refractivity contribution in [2.75, 3.05) is 0 Å². The third-order valence-corrected chi connectivity index (χ3v) is 3.78. The highest BCUT2D eigenvalue weighted by Gasteiger charge is 2.40. The van der Waals surface area contributed by atoms with Gasteiger partial charge in [-0.2, -0.15) is 0 Å². The molecule has 2 rings (SSSR count). The second-order valence-corrected chi connectivity index (χ2v) is 6.41. The molecule has 0 aliphatic rings. The zero-order valence-corrected chi connectivity index (χ0v) is 13.2. The van der Waals surface area contributed by atoms with E-state index in [0.29, 0.717) is 0 Å². The first-order chi connectivity index (χ1) is 10.3. The lowest BCUT2D eigenvalue weighted by Crippen LogP contribution is -2.38. The van der Waals surface area contributed by atoms with Crippen LogP contribution in [-0.4, -0.2) is 10.2 Å². The van der Waals surface area contributed by atoms with Crippen LogP contribution < -0.4 is 0 Å². The molecule has 0 saturated heterocycles. The molecule has 0 heterocycles. The molecular weight excluding hydrogens is 272 g/mol. The summed E-state index contributed by atoms with van der Waals surface area (Å²) < 4.78 is 0. The summed E-state index contributed by atoms with van der Waals surface area (Å²) >= 11 is 0. The molecule has 0 aliphatic heterocycles. The Kier molecular flexibility index (Phi) is 4.71. The van der Waals surface area contributed by atoms with Crippen molar-refractivity contribution in [2.24, 2.45) is 5.41 Å². The van der Waals surface area contributed by atoms with E-state index in [1.807, 2.05) is 81.4 Å². The van der Waals surface area contributed by atoms with Crippen molar-refractivity contribution < 1.29 is 10.2 Å². The Bertz CT molecular complexity index is 660. The standard InChI is InChI=1S/C20H22O2/c1-19(2,3)20(22,17-12-8-5-9-13-17)15-14-18(21)16-10-6-4-7-11-16/h4-13,18,21-22H,1-3H3. The van der Waals surface area contributed by atoms with Crippen LogP contribution in [0.2, 0.25) is 0 Å². The summed E-state index contributed by atoms with van der Waals surface area (Å²) in [7, 11) is 0. The van der Waals surface area contributed by atoms with Gasteiger partial charge in [0, 0.05) is 5.41 Å². The van der Waals surface area contributed by atoms with E-state index < -0.39 is 17.1 Å². The second kappa shape index (κ2) is 6.36. The van der Waals surface area contributed by atoms with Gasteiger partial charge in [-0.15, -0.1) is 0 Å². The number of aliphatic hydroxyl groups is 2. The topological polar surface area (TPSA) is 40.5 Å². The Labute approximate surface area is 132 Å². The van der Waals surface area contributed by atoms with E-state index in [2.05, 4.69) is 11.8 Å². The molecule has 0 saturated carbocycles. The number of hydrogen-bond donors (Lipinski definition) is 2. The van der Waals surface area contributed by atoms with Gasteiger partial charge in [0.1, 0.15) is 6.10 Å². The molecule has 0 amide bonds. The fourth-order valence-corrected chi connectivity index (χ4v) is 2.26. The minimum absolute atomic E-state index is 0.488. The lowest BCUT2D eigenvalue weighted by Gasteiger charge is -2.36. The summed E-state index contributed by atoms with van der Waals surface area (Å²) in [6, 6.07) is 18.6. The Morgan fingerprint density at radius 3 is 1.86 bits per heavy atom. The van der Waals surface area contributed by atoms with Gasteiger partial charge in [0.15, 0.2) is 5.60 Å². The minimum atomic E-state index is -1.33. The predicted molar refractivity (Wildman–Crippen MR) is 89.0 cm³/mol. The van der Waals surface area contributed by atoms with Crippen molar-refractivity contribution in [3.63, 3.8) is 0 Å². The number of benzene rings is 2. The van der Waals surface area contributed by atoms with E-state index in [9.17, 15) is 10.2 Å². The van der Waals surface area contributed by atoms with E-state index in [1.54, 1.807) is 0 Å². The molecule has 22 heavy (non-hydrogen) atoms. The molecule has 0 spiro atoms.